The van der Waals surface area contributed by atoms with Crippen LogP contribution in [0.2, 0.25) is 0 Å². The van der Waals surface area contributed by atoms with Crippen LogP contribution in [0, 0.1) is 12.8 Å². The Balaban J connectivity index is 1.93. The molecule has 0 unspecified atom stereocenters. The van der Waals surface area contributed by atoms with Crippen LogP contribution >= 0.6 is 0 Å². The maximum atomic E-state index is 10.6. The lowest BCUT2D eigenvalue weighted by atomic mass is 9.92. The quantitative estimate of drug-likeness (QED) is 0.887. The molecule has 0 atom stereocenters. The number of nitrogens with zero attached hydrogens (tertiary/aromatic N) is 3. The Bertz CT molecular complexity index is 471. The Labute approximate surface area is 118 Å². The molecule has 0 spiro atoms. The average Bonchev–Trinajstić information content (AvgIpc) is 2.45. The highest BCUT2D eigenvalue weighted by molar-refractivity contribution is 5.66. The number of aliphatic carboxylic acids is 1. The van der Waals surface area contributed by atoms with Gasteiger partial charge in [0.2, 0.25) is 11.8 Å². The number of hydrogen-bond donors (Lipinski definition) is 1. The van der Waals surface area contributed by atoms with Gasteiger partial charge in [0.15, 0.2) is 0 Å². The number of rotatable bonds is 5. The van der Waals surface area contributed by atoms with Crippen molar-refractivity contribution in [3.8, 4) is 5.88 Å². The van der Waals surface area contributed by atoms with E-state index in [1.54, 1.807) is 7.11 Å². The van der Waals surface area contributed by atoms with Crippen molar-refractivity contribution in [1.29, 1.82) is 0 Å². The summed E-state index contributed by atoms with van der Waals surface area (Å²) in [5.74, 6) is 1.08. The summed E-state index contributed by atoms with van der Waals surface area (Å²) in [7, 11) is 1.60. The normalized spacial score (nSPS) is 16.2. The summed E-state index contributed by atoms with van der Waals surface area (Å²) >= 11 is 0. The van der Waals surface area contributed by atoms with Crippen LogP contribution in [-0.2, 0) is 4.79 Å². The Morgan fingerprint density at radius 1 is 1.45 bits per heavy atom. The van der Waals surface area contributed by atoms with Crippen molar-refractivity contribution < 1.29 is 14.6 Å². The van der Waals surface area contributed by atoms with Gasteiger partial charge in [-0.05, 0) is 32.1 Å². The predicted octanol–water partition coefficient (Wildman–Crippen LogP) is 1.87. The third-order valence-corrected chi connectivity index (χ3v) is 3.69. The zero-order valence-corrected chi connectivity index (χ0v) is 12.0. The molecule has 0 aliphatic carbocycles. The van der Waals surface area contributed by atoms with E-state index in [9.17, 15) is 4.79 Å². The summed E-state index contributed by atoms with van der Waals surface area (Å²) in [4.78, 5) is 21.6. The summed E-state index contributed by atoms with van der Waals surface area (Å²) in [6.07, 6.45) is 3.01. The number of piperidine rings is 1. The van der Waals surface area contributed by atoms with E-state index in [4.69, 9.17) is 9.84 Å². The molecule has 1 fully saturated rings. The molecule has 0 radical (unpaired) electrons. The van der Waals surface area contributed by atoms with E-state index in [1.807, 2.05) is 13.0 Å². The molecule has 1 saturated heterocycles. The van der Waals surface area contributed by atoms with Crippen molar-refractivity contribution in [3.05, 3.63) is 11.8 Å². The fourth-order valence-corrected chi connectivity index (χ4v) is 2.52. The molecule has 110 valence electrons. The molecular formula is C14H21N3O3. The lowest BCUT2D eigenvalue weighted by Gasteiger charge is -2.32. The Morgan fingerprint density at radius 2 is 2.15 bits per heavy atom. The summed E-state index contributed by atoms with van der Waals surface area (Å²) in [6.45, 7) is 3.67. The van der Waals surface area contributed by atoms with Gasteiger partial charge in [0.25, 0.3) is 0 Å². The monoisotopic (exact) mass is 279 g/mol. The summed E-state index contributed by atoms with van der Waals surface area (Å²) in [5.41, 5.74) is 0.889. The van der Waals surface area contributed by atoms with Gasteiger partial charge >= 0.3 is 5.97 Å². The fraction of sp³-hybridized carbons (Fsp3) is 0.643. The van der Waals surface area contributed by atoms with Gasteiger partial charge in [0, 0.05) is 31.3 Å². The van der Waals surface area contributed by atoms with Gasteiger partial charge in [-0.3, -0.25) is 4.79 Å². The molecule has 20 heavy (non-hydrogen) atoms. The highest BCUT2D eigenvalue weighted by Gasteiger charge is 2.22. The Kier molecular flexibility index (Phi) is 4.76. The van der Waals surface area contributed by atoms with Crippen LogP contribution in [0.1, 0.15) is 31.4 Å². The minimum atomic E-state index is -0.709. The number of methoxy groups -OCH3 is 1. The molecule has 1 aliphatic rings. The molecule has 1 aliphatic heterocycles. The first-order valence-electron chi connectivity index (χ1n) is 6.95. The number of hydrogen-bond acceptors (Lipinski definition) is 5. The topological polar surface area (TPSA) is 75.5 Å². The highest BCUT2D eigenvalue weighted by atomic mass is 16.5. The van der Waals surface area contributed by atoms with E-state index in [0.29, 0.717) is 17.7 Å². The van der Waals surface area contributed by atoms with E-state index in [1.165, 1.54) is 0 Å². The fourth-order valence-electron chi connectivity index (χ4n) is 2.52. The van der Waals surface area contributed by atoms with Gasteiger partial charge in [0.05, 0.1) is 7.11 Å². The highest BCUT2D eigenvalue weighted by Crippen LogP contribution is 2.25. The van der Waals surface area contributed by atoms with Crippen molar-refractivity contribution in [1.82, 2.24) is 9.97 Å². The third kappa shape index (κ3) is 3.82. The molecular weight excluding hydrogens is 258 g/mol. The molecule has 6 nitrogen and oxygen atoms in total. The molecule has 0 amide bonds. The summed E-state index contributed by atoms with van der Waals surface area (Å²) < 4.78 is 5.17. The number of carbonyl (C=O) groups is 1. The lowest BCUT2D eigenvalue weighted by molar-refractivity contribution is -0.137. The number of anilines is 1. The van der Waals surface area contributed by atoms with Crippen LogP contribution in [0.3, 0.4) is 0 Å². The third-order valence-electron chi connectivity index (χ3n) is 3.69. The van der Waals surface area contributed by atoms with Gasteiger partial charge < -0.3 is 14.7 Å². The molecule has 1 N–H and O–H groups in total. The van der Waals surface area contributed by atoms with Gasteiger partial charge in [-0.15, -0.1) is 0 Å². The van der Waals surface area contributed by atoms with Crippen molar-refractivity contribution in [2.24, 2.45) is 5.92 Å². The second-order valence-corrected chi connectivity index (χ2v) is 5.21. The number of ether oxygens (including phenoxy) is 1. The van der Waals surface area contributed by atoms with E-state index in [-0.39, 0.29) is 6.42 Å². The second kappa shape index (κ2) is 6.54. The predicted molar refractivity (Wildman–Crippen MR) is 75.1 cm³/mol. The van der Waals surface area contributed by atoms with Gasteiger partial charge in [-0.25, -0.2) is 4.98 Å². The van der Waals surface area contributed by atoms with Crippen LogP contribution in [0.5, 0.6) is 5.88 Å². The first-order chi connectivity index (χ1) is 9.58. The van der Waals surface area contributed by atoms with Crippen LogP contribution in [0.4, 0.5) is 5.95 Å². The SMILES string of the molecule is COc1cc(C)nc(N2CCC(CCC(=O)O)CC2)n1. The number of carboxylic acids is 1. The molecule has 0 bridgehead atoms. The summed E-state index contributed by atoms with van der Waals surface area (Å²) in [6, 6.07) is 1.81. The zero-order chi connectivity index (χ0) is 14.5. The van der Waals surface area contributed by atoms with Crippen LogP contribution in [0.25, 0.3) is 0 Å². The van der Waals surface area contributed by atoms with Crippen LogP contribution in [-0.4, -0.2) is 41.2 Å². The molecule has 1 aromatic heterocycles. The number of aromatic nitrogens is 2. The molecule has 2 rings (SSSR count). The van der Waals surface area contributed by atoms with Crippen molar-refractivity contribution >= 4 is 11.9 Å². The van der Waals surface area contributed by atoms with Crippen LogP contribution in [0.15, 0.2) is 6.07 Å². The van der Waals surface area contributed by atoms with Crippen molar-refractivity contribution in [2.75, 3.05) is 25.1 Å². The van der Waals surface area contributed by atoms with Gasteiger partial charge in [-0.1, -0.05) is 0 Å². The Hall–Kier alpha value is -1.85. The number of aryl methyl sites for hydroxylation is 1. The maximum absolute atomic E-state index is 10.6. The summed E-state index contributed by atoms with van der Waals surface area (Å²) in [5, 5.41) is 8.72. The molecule has 0 aromatic carbocycles. The van der Waals surface area contributed by atoms with Gasteiger partial charge in [-0.2, -0.15) is 4.98 Å². The van der Waals surface area contributed by atoms with E-state index >= 15 is 0 Å². The van der Waals surface area contributed by atoms with Gasteiger partial charge in [0.1, 0.15) is 0 Å². The lowest BCUT2D eigenvalue weighted by Crippen LogP contribution is -2.35. The maximum Gasteiger partial charge on any atom is 0.303 e. The first kappa shape index (κ1) is 14.6. The standard InChI is InChI=1S/C14H21N3O3/c1-10-9-12(20-2)16-14(15-10)17-7-5-11(6-8-17)3-4-13(18)19/h9,11H,3-8H2,1-2H3,(H,18,19). The second-order valence-electron chi connectivity index (χ2n) is 5.21. The number of carboxylic acid groups (broad SMARTS) is 1. The molecule has 1 aromatic rings. The van der Waals surface area contributed by atoms with E-state index in [2.05, 4.69) is 14.9 Å². The first-order valence-corrected chi connectivity index (χ1v) is 6.95. The van der Waals surface area contributed by atoms with Crippen LogP contribution < -0.4 is 9.64 Å². The Morgan fingerprint density at radius 3 is 2.75 bits per heavy atom. The van der Waals surface area contributed by atoms with Crippen molar-refractivity contribution in [2.45, 2.75) is 32.6 Å². The molecule has 6 heteroatoms. The van der Waals surface area contributed by atoms with Crippen molar-refractivity contribution in [3.63, 3.8) is 0 Å². The zero-order valence-electron chi connectivity index (χ0n) is 12.0. The minimum absolute atomic E-state index is 0.263. The minimum Gasteiger partial charge on any atom is -0.481 e. The molecule has 0 saturated carbocycles. The van der Waals surface area contributed by atoms with E-state index in [0.717, 1.165) is 38.0 Å². The average molecular weight is 279 g/mol. The van der Waals surface area contributed by atoms with E-state index < -0.39 is 5.97 Å². The molecule has 2 heterocycles. The smallest absolute Gasteiger partial charge is 0.303 e. The largest absolute Gasteiger partial charge is 0.481 e.